The van der Waals surface area contributed by atoms with E-state index in [1.165, 1.54) is 6.20 Å². The highest BCUT2D eigenvalue weighted by Gasteiger charge is 2.00. The van der Waals surface area contributed by atoms with E-state index in [1.807, 2.05) is 13.8 Å². The zero-order valence-electron chi connectivity index (χ0n) is 7.97. The maximum atomic E-state index is 12.1. The molecule has 0 saturated carbocycles. The maximum Gasteiger partial charge on any atom is 0.111 e. The smallest absolute Gasteiger partial charge is 0.111 e. The Labute approximate surface area is 73.7 Å². The number of hydrogen-bond acceptors (Lipinski definition) is 1. The Hall–Kier alpha value is -0.920. The van der Waals surface area contributed by atoms with E-state index in [0.29, 0.717) is 11.5 Å². The third kappa shape index (κ3) is 4.06. The van der Waals surface area contributed by atoms with Gasteiger partial charge in [0.1, 0.15) is 6.67 Å². The first-order chi connectivity index (χ1) is 5.61. The maximum absolute atomic E-state index is 12.1. The molecule has 0 rings (SSSR count). The highest BCUT2D eigenvalue weighted by atomic mass is 19.1. The van der Waals surface area contributed by atoms with Gasteiger partial charge in [-0.3, -0.25) is 4.99 Å². The van der Waals surface area contributed by atoms with Crippen LogP contribution in [0.1, 0.15) is 20.8 Å². The van der Waals surface area contributed by atoms with Gasteiger partial charge in [0, 0.05) is 11.9 Å². The first-order valence-electron chi connectivity index (χ1n) is 4.03. The van der Waals surface area contributed by atoms with Crippen LogP contribution in [0.15, 0.2) is 29.4 Å². The van der Waals surface area contributed by atoms with Crippen LogP contribution in [-0.2, 0) is 0 Å². The number of aliphatic imine (C=N–C) groups is 1. The minimum atomic E-state index is -0.414. The first kappa shape index (κ1) is 11.1. The molecule has 0 aromatic carbocycles. The van der Waals surface area contributed by atoms with Gasteiger partial charge in [0.05, 0.1) is 0 Å². The third-order valence-corrected chi connectivity index (χ3v) is 1.44. The summed E-state index contributed by atoms with van der Waals surface area (Å²) in [7, 11) is 0. The lowest BCUT2D eigenvalue weighted by Gasteiger charge is -2.04. The van der Waals surface area contributed by atoms with Gasteiger partial charge in [0.2, 0.25) is 0 Å². The minimum Gasteiger partial charge on any atom is -0.262 e. The van der Waals surface area contributed by atoms with Crippen LogP contribution in [0, 0.1) is 5.92 Å². The highest BCUT2D eigenvalue weighted by Crippen LogP contribution is 2.03. The van der Waals surface area contributed by atoms with Crippen LogP contribution in [0.5, 0.6) is 0 Å². The van der Waals surface area contributed by atoms with Crippen LogP contribution in [0.4, 0.5) is 4.39 Å². The van der Waals surface area contributed by atoms with Gasteiger partial charge in [0.15, 0.2) is 0 Å². The molecule has 0 amide bonds. The van der Waals surface area contributed by atoms with Crippen LogP contribution in [0.2, 0.25) is 0 Å². The van der Waals surface area contributed by atoms with E-state index in [-0.39, 0.29) is 0 Å². The fourth-order valence-corrected chi connectivity index (χ4v) is 0.749. The molecule has 0 fully saturated rings. The zero-order valence-corrected chi connectivity index (χ0v) is 7.97. The van der Waals surface area contributed by atoms with Crippen molar-refractivity contribution < 1.29 is 4.39 Å². The number of hydrogen-bond donors (Lipinski definition) is 0. The van der Waals surface area contributed by atoms with Crippen molar-refractivity contribution in [1.29, 1.82) is 0 Å². The van der Waals surface area contributed by atoms with Gasteiger partial charge >= 0.3 is 0 Å². The van der Waals surface area contributed by atoms with Gasteiger partial charge < -0.3 is 0 Å². The predicted octanol–water partition coefficient (Wildman–Crippen LogP) is 3.14. The Bertz CT molecular complexity index is 202. The van der Waals surface area contributed by atoms with Crippen molar-refractivity contribution >= 4 is 5.71 Å². The summed E-state index contributed by atoms with van der Waals surface area (Å²) in [5.74, 6) is 0.310. The molecule has 0 bridgehead atoms. The lowest BCUT2D eigenvalue weighted by atomic mass is 10.1. The summed E-state index contributed by atoms with van der Waals surface area (Å²) in [6, 6.07) is 0. The molecule has 0 aromatic rings. The van der Waals surface area contributed by atoms with Crippen molar-refractivity contribution in [1.82, 2.24) is 0 Å². The summed E-state index contributed by atoms with van der Waals surface area (Å²) >= 11 is 0. The molecule has 0 spiro atoms. The number of nitrogens with zero attached hydrogens (tertiary/aromatic N) is 1. The molecule has 1 nitrogen and oxygen atoms in total. The van der Waals surface area contributed by atoms with E-state index in [9.17, 15) is 4.39 Å². The van der Waals surface area contributed by atoms with Gasteiger partial charge in [-0.2, -0.15) is 0 Å². The van der Waals surface area contributed by atoms with Crippen LogP contribution in [0.25, 0.3) is 0 Å². The van der Waals surface area contributed by atoms with E-state index in [0.717, 1.165) is 5.71 Å². The SMILES string of the molecule is C=CN=C(/C=C(\C)CF)C(C)C. The fourth-order valence-electron chi connectivity index (χ4n) is 0.749. The van der Waals surface area contributed by atoms with Crippen molar-refractivity contribution in [2.45, 2.75) is 20.8 Å². The molecular weight excluding hydrogens is 153 g/mol. The average Bonchev–Trinajstić information content (AvgIpc) is 2.03. The monoisotopic (exact) mass is 169 g/mol. The molecule has 0 atom stereocenters. The third-order valence-electron chi connectivity index (χ3n) is 1.44. The quantitative estimate of drug-likeness (QED) is 0.573. The van der Waals surface area contributed by atoms with Crippen LogP contribution < -0.4 is 0 Å². The molecular formula is C10H16FN. The van der Waals surface area contributed by atoms with E-state index >= 15 is 0 Å². The Morgan fingerprint density at radius 2 is 2.17 bits per heavy atom. The van der Waals surface area contributed by atoms with Crippen molar-refractivity contribution in [3.05, 3.63) is 24.4 Å². The molecule has 12 heavy (non-hydrogen) atoms. The molecule has 0 radical (unpaired) electrons. The molecule has 0 aliphatic rings. The number of alkyl halides is 1. The Morgan fingerprint density at radius 3 is 2.50 bits per heavy atom. The standard InChI is InChI=1S/C10H16FN/c1-5-12-10(8(2)3)6-9(4)7-11/h5-6,8H,1,7H2,2-4H3/b9-6+,12-10?. The van der Waals surface area contributed by atoms with Gasteiger partial charge in [-0.25, -0.2) is 4.39 Å². The zero-order chi connectivity index (χ0) is 9.56. The second-order valence-corrected chi connectivity index (χ2v) is 3.02. The van der Waals surface area contributed by atoms with E-state index in [1.54, 1.807) is 13.0 Å². The van der Waals surface area contributed by atoms with Crippen LogP contribution in [0.3, 0.4) is 0 Å². The highest BCUT2D eigenvalue weighted by molar-refractivity contribution is 5.97. The summed E-state index contributed by atoms with van der Waals surface area (Å²) in [6.07, 6.45) is 3.25. The summed E-state index contributed by atoms with van der Waals surface area (Å²) in [6.45, 7) is 8.88. The molecule has 2 heteroatoms. The van der Waals surface area contributed by atoms with Gasteiger partial charge in [-0.05, 0) is 24.5 Å². The summed E-state index contributed by atoms with van der Waals surface area (Å²) in [5.41, 5.74) is 1.57. The molecule has 0 unspecified atom stereocenters. The lowest BCUT2D eigenvalue weighted by molar-refractivity contribution is 0.543. The topological polar surface area (TPSA) is 12.4 Å². The van der Waals surface area contributed by atoms with Gasteiger partial charge in [0.25, 0.3) is 0 Å². The van der Waals surface area contributed by atoms with E-state index in [2.05, 4.69) is 11.6 Å². The Morgan fingerprint density at radius 1 is 1.58 bits per heavy atom. The molecule has 0 saturated heterocycles. The summed E-state index contributed by atoms with van der Waals surface area (Å²) in [4.78, 5) is 4.05. The normalized spacial score (nSPS) is 13.8. The Balaban J connectivity index is 4.54. The van der Waals surface area contributed by atoms with Gasteiger partial charge in [-0.1, -0.05) is 20.4 Å². The minimum absolute atomic E-state index is 0.310. The van der Waals surface area contributed by atoms with Crippen LogP contribution >= 0.6 is 0 Å². The lowest BCUT2D eigenvalue weighted by Crippen LogP contribution is -2.04. The van der Waals surface area contributed by atoms with E-state index in [4.69, 9.17) is 0 Å². The Kier molecular flexibility index (Phi) is 5.26. The van der Waals surface area contributed by atoms with Crippen molar-refractivity contribution in [2.24, 2.45) is 10.9 Å². The number of halogens is 1. The first-order valence-corrected chi connectivity index (χ1v) is 4.03. The predicted molar refractivity (Wildman–Crippen MR) is 52.2 cm³/mol. The molecule has 68 valence electrons. The van der Waals surface area contributed by atoms with Crippen molar-refractivity contribution in [3.63, 3.8) is 0 Å². The van der Waals surface area contributed by atoms with Crippen LogP contribution in [-0.4, -0.2) is 12.4 Å². The second-order valence-electron chi connectivity index (χ2n) is 3.02. The summed E-state index contributed by atoms with van der Waals surface area (Å²) < 4.78 is 12.1. The average molecular weight is 169 g/mol. The fraction of sp³-hybridized carbons (Fsp3) is 0.500. The van der Waals surface area contributed by atoms with Crippen molar-refractivity contribution in [3.8, 4) is 0 Å². The molecule has 0 aliphatic carbocycles. The number of allylic oxidation sites excluding steroid dienone is 2. The van der Waals surface area contributed by atoms with Crippen molar-refractivity contribution in [2.75, 3.05) is 6.67 Å². The molecule has 0 aliphatic heterocycles. The van der Waals surface area contributed by atoms with E-state index < -0.39 is 6.67 Å². The largest absolute Gasteiger partial charge is 0.262 e. The second kappa shape index (κ2) is 5.70. The molecule has 0 N–H and O–H groups in total. The number of rotatable bonds is 4. The summed E-state index contributed by atoms with van der Waals surface area (Å²) in [5, 5.41) is 0. The van der Waals surface area contributed by atoms with Gasteiger partial charge in [-0.15, -0.1) is 0 Å². The molecule has 0 aromatic heterocycles. The molecule has 0 heterocycles.